The highest BCUT2D eigenvalue weighted by molar-refractivity contribution is 5.97. The summed E-state index contributed by atoms with van der Waals surface area (Å²) in [5.41, 5.74) is 2.17. The first-order valence-electron chi connectivity index (χ1n) is 6.58. The Morgan fingerprint density at radius 1 is 1.18 bits per heavy atom. The lowest BCUT2D eigenvalue weighted by Crippen LogP contribution is -2.51. The molecule has 0 aliphatic carbocycles. The third kappa shape index (κ3) is 1.58. The maximum Gasteiger partial charge on any atom is 0.254 e. The summed E-state index contributed by atoms with van der Waals surface area (Å²) in [5.74, 6) is 1.37. The normalized spacial score (nSPS) is 32.0. The van der Waals surface area contributed by atoms with Crippen molar-refractivity contribution in [3.05, 3.63) is 35.4 Å². The molecule has 2 aliphatic heterocycles. The first kappa shape index (κ1) is 10.8. The smallest absolute Gasteiger partial charge is 0.254 e. The van der Waals surface area contributed by atoms with Gasteiger partial charge in [-0.05, 0) is 30.4 Å². The fourth-order valence-electron chi connectivity index (χ4n) is 3.38. The van der Waals surface area contributed by atoms with Crippen molar-refractivity contribution < 1.29 is 4.79 Å². The van der Waals surface area contributed by atoms with Gasteiger partial charge >= 0.3 is 0 Å². The van der Waals surface area contributed by atoms with Crippen LogP contribution in [0.5, 0.6) is 0 Å². The van der Waals surface area contributed by atoms with Crippen LogP contribution in [0.2, 0.25) is 0 Å². The molecule has 2 aliphatic rings. The van der Waals surface area contributed by atoms with Crippen LogP contribution in [0.15, 0.2) is 24.3 Å². The number of carbonyl (C=O) groups is 1. The zero-order valence-electron chi connectivity index (χ0n) is 10.5. The largest absolute Gasteiger partial charge is 0.335 e. The van der Waals surface area contributed by atoms with Crippen molar-refractivity contribution in [3.63, 3.8) is 0 Å². The van der Waals surface area contributed by atoms with Crippen LogP contribution in [0, 0.1) is 5.92 Å². The van der Waals surface area contributed by atoms with E-state index in [0.717, 1.165) is 18.5 Å². The summed E-state index contributed by atoms with van der Waals surface area (Å²) in [5, 5.41) is 0. The molecule has 0 aromatic heterocycles. The topological polar surface area (TPSA) is 20.3 Å². The van der Waals surface area contributed by atoms with E-state index < -0.39 is 0 Å². The number of hydrogen-bond donors (Lipinski definition) is 0. The van der Waals surface area contributed by atoms with Gasteiger partial charge in [0.1, 0.15) is 0 Å². The summed E-state index contributed by atoms with van der Waals surface area (Å²) in [7, 11) is 0. The van der Waals surface area contributed by atoms with E-state index in [-0.39, 0.29) is 5.91 Å². The molecule has 0 N–H and O–H groups in total. The standard InChI is InChI=1S/C15H19NO/c1-10-7-8-14-11(2)12-5-3-4-6-13(12)15(17)16(14)9-10/h3-6,10-11,14H,7-9H2,1-2H3/t10-,11-,14+/m1/s1. The van der Waals surface area contributed by atoms with E-state index >= 15 is 0 Å². The van der Waals surface area contributed by atoms with Gasteiger partial charge in [-0.25, -0.2) is 0 Å². The van der Waals surface area contributed by atoms with Crippen LogP contribution < -0.4 is 0 Å². The van der Waals surface area contributed by atoms with Crippen molar-refractivity contribution in [1.82, 2.24) is 4.90 Å². The molecule has 0 radical (unpaired) electrons. The zero-order chi connectivity index (χ0) is 12.0. The summed E-state index contributed by atoms with van der Waals surface area (Å²) in [6.45, 7) is 5.44. The van der Waals surface area contributed by atoms with E-state index in [1.807, 2.05) is 18.2 Å². The summed E-state index contributed by atoms with van der Waals surface area (Å²) in [6, 6.07) is 8.53. The predicted octanol–water partition coefficient (Wildman–Crippen LogP) is 3.04. The van der Waals surface area contributed by atoms with Crippen LogP contribution in [-0.2, 0) is 0 Å². The minimum absolute atomic E-state index is 0.246. The van der Waals surface area contributed by atoms with Crippen LogP contribution >= 0.6 is 0 Å². The highest BCUT2D eigenvalue weighted by atomic mass is 16.2. The summed E-state index contributed by atoms with van der Waals surface area (Å²) < 4.78 is 0. The fourth-order valence-corrected chi connectivity index (χ4v) is 3.38. The second-order valence-electron chi connectivity index (χ2n) is 5.58. The number of piperidine rings is 1. The molecule has 17 heavy (non-hydrogen) atoms. The molecule has 0 saturated carbocycles. The van der Waals surface area contributed by atoms with Crippen LogP contribution in [0.3, 0.4) is 0 Å². The molecule has 3 rings (SSSR count). The Morgan fingerprint density at radius 2 is 1.94 bits per heavy atom. The van der Waals surface area contributed by atoms with Gasteiger partial charge in [0.15, 0.2) is 0 Å². The Bertz CT molecular complexity index is 454. The van der Waals surface area contributed by atoms with Gasteiger partial charge in [0, 0.05) is 24.1 Å². The van der Waals surface area contributed by atoms with E-state index in [9.17, 15) is 4.79 Å². The lowest BCUT2D eigenvalue weighted by atomic mass is 9.78. The van der Waals surface area contributed by atoms with Crippen molar-refractivity contribution in [2.75, 3.05) is 6.54 Å². The molecule has 90 valence electrons. The highest BCUT2D eigenvalue weighted by Gasteiger charge is 2.39. The van der Waals surface area contributed by atoms with Gasteiger partial charge in [0.05, 0.1) is 0 Å². The average molecular weight is 229 g/mol. The molecule has 2 nitrogen and oxygen atoms in total. The second kappa shape index (κ2) is 3.86. The van der Waals surface area contributed by atoms with Crippen LogP contribution in [-0.4, -0.2) is 23.4 Å². The first-order valence-corrected chi connectivity index (χ1v) is 6.58. The van der Waals surface area contributed by atoms with E-state index in [2.05, 4.69) is 24.8 Å². The van der Waals surface area contributed by atoms with E-state index in [4.69, 9.17) is 0 Å². The number of nitrogens with zero attached hydrogens (tertiary/aromatic N) is 1. The molecule has 0 spiro atoms. The average Bonchev–Trinajstić information content (AvgIpc) is 2.36. The number of benzene rings is 1. The van der Waals surface area contributed by atoms with Crippen LogP contribution in [0.25, 0.3) is 0 Å². The SMILES string of the molecule is C[C@@H]1CC[C@H]2[C@H](C)c3ccccc3C(=O)N2C1. The van der Waals surface area contributed by atoms with Gasteiger partial charge in [0.25, 0.3) is 5.91 Å². The molecular formula is C15H19NO. The quantitative estimate of drug-likeness (QED) is 0.669. The van der Waals surface area contributed by atoms with E-state index in [0.29, 0.717) is 17.9 Å². The lowest BCUT2D eigenvalue weighted by Gasteiger charge is -2.45. The Kier molecular flexibility index (Phi) is 2.46. The monoisotopic (exact) mass is 229 g/mol. The van der Waals surface area contributed by atoms with E-state index in [1.54, 1.807) is 0 Å². The Hall–Kier alpha value is -1.31. The zero-order valence-corrected chi connectivity index (χ0v) is 10.5. The van der Waals surface area contributed by atoms with Crippen LogP contribution in [0.4, 0.5) is 0 Å². The highest BCUT2D eigenvalue weighted by Crippen LogP contribution is 2.38. The Labute approximate surface area is 103 Å². The Balaban J connectivity index is 2.05. The molecule has 0 bridgehead atoms. The molecule has 0 unspecified atom stereocenters. The molecule has 1 amide bonds. The van der Waals surface area contributed by atoms with Crippen molar-refractivity contribution in [1.29, 1.82) is 0 Å². The summed E-state index contributed by atoms with van der Waals surface area (Å²) >= 11 is 0. The van der Waals surface area contributed by atoms with Crippen molar-refractivity contribution >= 4 is 5.91 Å². The summed E-state index contributed by atoms with van der Waals surface area (Å²) in [6.07, 6.45) is 2.41. The van der Waals surface area contributed by atoms with Gasteiger partial charge in [-0.2, -0.15) is 0 Å². The molecule has 3 atom stereocenters. The first-order chi connectivity index (χ1) is 8.18. The maximum atomic E-state index is 12.5. The third-order valence-corrected chi connectivity index (χ3v) is 4.38. The van der Waals surface area contributed by atoms with Gasteiger partial charge < -0.3 is 4.90 Å². The minimum atomic E-state index is 0.246. The van der Waals surface area contributed by atoms with Gasteiger partial charge in [0.2, 0.25) is 0 Å². The van der Waals surface area contributed by atoms with Crippen molar-refractivity contribution in [3.8, 4) is 0 Å². The molecule has 1 aromatic carbocycles. The van der Waals surface area contributed by atoms with Gasteiger partial charge in [-0.1, -0.05) is 32.0 Å². The van der Waals surface area contributed by atoms with Gasteiger partial charge in [-0.3, -0.25) is 4.79 Å². The van der Waals surface area contributed by atoms with Gasteiger partial charge in [-0.15, -0.1) is 0 Å². The lowest BCUT2D eigenvalue weighted by molar-refractivity contribution is 0.0465. The molecule has 1 aromatic rings. The molecular weight excluding hydrogens is 210 g/mol. The maximum absolute atomic E-state index is 12.5. The number of rotatable bonds is 0. The second-order valence-corrected chi connectivity index (χ2v) is 5.58. The molecule has 1 fully saturated rings. The molecule has 1 saturated heterocycles. The predicted molar refractivity (Wildman–Crippen MR) is 68.1 cm³/mol. The fraction of sp³-hybridized carbons (Fsp3) is 0.533. The molecule has 2 heteroatoms. The third-order valence-electron chi connectivity index (χ3n) is 4.38. The minimum Gasteiger partial charge on any atom is -0.335 e. The summed E-state index contributed by atoms with van der Waals surface area (Å²) in [4.78, 5) is 14.6. The number of amides is 1. The number of fused-ring (bicyclic) bond motifs is 2. The van der Waals surface area contributed by atoms with Crippen LogP contribution in [0.1, 0.15) is 48.5 Å². The van der Waals surface area contributed by atoms with Crippen molar-refractivity contribution in [2.24, 2.45) is 5.92 Å². The number of hydrogen-bond acceptors (Lipinski definition) is 1. The van der Waals surface area contributed by atoms with E-state index in [1.165, 1.54) is 12.0 Å². The van der Waals surface area contributed by atoms with Crippen molar-refractivity contribution in [2.45, 2.75) is 38.6 Å². The number of carbonyl (C=O) groups excluding carboxylic acids is 1. The Morgan fingerprint density at radius 3 is 2.76 bits per heavy atom. The molecule has 2 heterocycles.